The molecule has 1 aromatic carbocycles. The van der Waals surface area contributed by atoms with E-state index in [2.05, 4.69) is 0 Å². The van der Waals surface area contributed by atoms with Gasteiger partial charge in [-0.05, 0) is 12.1 Å². The number of benzene rings is 1. The highest BCUT2D eigenvalue weighted by atomic mass is 16.5. The predicted molar refractivity (Wildman–Crippen MR) is 78.5 cm³/mol. The molecule has 0 radical (unpaired) electrons. The monoisotopic (exact) mass is 277 g/mol. The smallest absolute Gasteiger partial charge is 0.200 e. The predicted octanol–water partition coefficient (Wildman–Crippen LogP) is 2.36. The van der Waals surface area contributed by atoms with Crippen LogP contribution in [-0.2, 0) is 4.74 Å². The minimum absolute atomic E-state index is 0.0878. The Labute approximate surface area is 117 Å². The molecule has 0 bridgehead atoms. The van der Waals surface area contributed by atoms with E-state index in [9.17, 15) is 9.90 Å². The number of hydrogen-bond donors (Lipinski definition) is 1. The van der Waals surface area contributed by atoms with Crippen LogP contribution >= 0.6 is 0 Å². The van der Waals surface area contributed by atoms with Gasteiger partial charge in [0.25, 0.3) is 0 Å². The van der Waals surface area contributed by atoms with E-state index in [1.807, 2.05) is 18.7 Å². The summed E-state index contributed by atoms with van der Waals surface area (Å²) < 4.78 is 10.9. The SMILES string of the molecule is CC.O=c1cc(N2CCOCC2)oc2cc(O)ccc12. The van der Waals surface area contributed by atoms with E-state index in [4.69, 9.17) is 9.15 Å². The van der Waals surface area contributed by atoms with E-state index in [0.29, 0.717) is 43.2 Å². The molecule has 0 saturated carbocycles. The van der Waals surface area contributed by atoms with Gasteiger partial charge in [0.2, 0.25) is 0 Å². The average molecular weight is 277 g/mol. The van der Waals surface area contributed by atoms with E-state index in [1.54, 1.807) is 6.07 Å². The second-order valence-corrected chi connectivity index (χ2v) is 4.23. The van der Waals surface area contributed by atoms with Crippen LogP contribution < -0.4 is 10.3 Å². The molecule has 5 nitrogen and oxygen atoms in total. The van der Waals surface area contributed by atoms with Crippen molar-refractivity contribution >= 4 is 16.9 Å². The largest absolute Gasteiger partial charge is 0.508 e. The zero-order valence-corrected chi connectivity index (χ0v) is 11.8. The maximum absolute atomic E-state index is 12.0. The van der Waals surface area contributed by atoms with Gasteiger partial charge in [0.1, 0.15) is 11.3 Å². The highest BCUT2D eigenvalue weighted by Gasteiger charge is 2.15. The molecule has 0 aliphatic carbocycles. The Morgan fingerprint density at radius 2 is 1.85 bits per heavy atom. The molecule has 0 unspecified atom stereocenters. The maximum atomic E-state index is 12.0. The topological polar surface area (TPSA) is 62.9 Å². The van der Waals surface area contributed by atoms with Gasteiger partial charge >= 0.3 is 0 Å². The normalized spacial score (nSPS) is 14.8. The van der Waals surface area contributed by atoms with E-state index in [-0.39, 0.29) is 11.2 Å². The molecule has 20 heavy (non-hydrogen) atoms. The number of phenolic OH excluding ortho intramolecular Hbond substituents is 1. The maximum Gasteiger partial charge on any atom is 0.200 e. The molecule has 1 aliphatic rings. The molecule has 2 aromatic rings. The minimum Gasteiger partial charge on any atom is -0.508 e. The quantitative estimate of drug-likeness (QED) is 0.867. The van der Waals surface area contributed by atoms with Crippen molar-refractivity contribution in [2.45, 2.75) is 13.8 Å². The first-order valence-electron chi connectivity index (χ1n) is 6.83. The zero-order valence-electron chi connectivity index (χ0n) is 11.8. The molecule has 3 rings (SSSR count). The Kier molecular flexibility index (Phi) is 4.63. The van der Waals surface area contributed by atoms with E-state index in [1.165, 1.54) is 18.2 Å². The van der Waals surface area contributed by atoms with Crippen molar-refractivity contribution in [1.82, 2.24) is 0 Å². The first-order chi connectivity index (χ1) is 9.74. The van der Waals surface area contributed by atoms with Crippen molar-refractivity contribution < 1.29 is 14.3 Å². The van der Waals surface area contributed by atoms with Crippen LogP contribution in [0.1, 0.15) is 13.8 Å². The number of nitrogens with zero attached hydrogens (tertiary/aromatic N) is 1. The van der Waals surface area contributed by atoms with Crippen LogP contribution in [0.4, 0.5) is 5.88 Å². The van der Waals surface area contributed by atoms with Crippen molar-refractivity contribution in [2.75, 3.05) is 31.2 Å². The molecule has 0 spiro atoms. The lowest BCUT2D eigenvalue weighted by Crippen LogP contribution is -2.36. The molecule has 0 atom stereocenters. The number of rotatable bonds is 1. The average Bonchev–Trinajstić information content (AvgIpc) is 2.49. The molecular weight excluding hydrogens is 258 g/mol. The Hall–Kier alpha value is -2.01. The number of anilines is 1. The second-order valence-electron chi connectivity index (χ2n) is 4.23. The zero-order chi connectivity index (χ0) is 14.5. The Morgan fingerprint density at radius 1 is 1.15 bits per heavy atom. The van der Waals surface area contributed by atoms with E-state index in [0.717, 1.165) is 0 Å². The second kappa shape index (κ2) is 6.43. The van der Waals surface area contributed by atoms with Gasteiger partial charge < -0.3 is 19.2 Å². The number of hydrogen-bond acceptors (Lipinski definition) is 5. The molecule has 1 N–H and O–H groups in total. The van der Waals surface area contributed by atoms with Crippen molar-refractivity contribution in [1.29, 1.82) is 0 Å². The van der Waals surface area contributed by atoms with Gasteiger partial charge in [0, 0.05) is 25.2 Å². The summed E-state index contributed by atoms with van der Waals surface area (Å²) in [7, 11) is 0. The lowest BCUT2D eigenvalue weighted by atomic mass is 10.2. The van der Waals surface area contributed by atoms with Crippen molar-refractivity contribution in [3.8, 4) is 5.75 Å². The summed E-state index contributed by atoms with van der Waals surface area (Å²) in [6.07, 6.45) is 0. The van der Waals surface area contributed by atoms with Crippen molar-refractivity contribution in [3.05, 3.63) is 34.5 Å². The Bertz CT molecular complexity index is 629. The number of phenols is 1. The van der Waals surface area contributed by atoms with Crippen LogP contribution in [0, 0.1) is 0 Å². The number of fused-ring (bicyclic) bond motifs is 1. The van der Waals surface area contributed by atoms with Crippen LogP contribution in [0.2, 0.25) is 0 Å². The van der Waals surface area contributed by atoms with Gasteiger partial charge in [-0.15, -0.1) is 0 Å². The number of ether oxygens (including phenoxy) is 1. The number of aromatic hydroxyl groups is 1. The van der Waals surface area contributed by atoms with E-state index >= 15 is 0 Å². The van der Waals surface area contributed by atoms with Crippen LogP contribution in [-0.4, -0.2) is 31.4 Å². The Balaban J connectivity index is 0.000000704. The van der Waals surface area contributed by atoms with Gasteiger partial charge in [-0.2, -0.15) is 0 Å². The lowest BCUT2D eigenvalue weighted by molar-refractivity contribution is 0.121. The molecule has 108 valence electrons. The molecule has 1 saturated heterocycles. The molecular formula is C15H19NO4. The highest BCUT2D eigenvalue weighted by molar-refractivity contribution is 5.79. The number of morpholine rings is 1. The van der Waals surface area contributed by atoms with Crippen molar-refractivity contribution in [3.63, 3.8) is 0 Å². The summed E-state index contributed by atoms with van der Waals surface area (Å²) in [5, 5.41) is 9.90. The molecule has 1 fully saturated rings. The molecule has 5 heteroatoms. The summed E-state index contributed by atoms with van der Waals surface area (Å²) in [5.41, 5.74) is 0.307. The lowest BCUT2D eigenvalue weighted by Gasteiger charge is -2.27. The fraction of sp³-hybridized carbons (Fsp3) is 0.400. The third-order valence-electron chi connectivity index (χ3n) is 3.02. The fourth-order valence-corrected chi connectivity index (χ4v) is 2.07. The van der Waals surface area contributed by atoms with Gasteiger partial charge in [0.15, 0.2) is 11.3 Å². The van der Waals surface area contributed by atoms with Gasteiger partial charge in [-0.25, -0.2) is 0 Å². The van der Waals surface area contributed by atoms with Gasteiger partial charge in [0.05, 0.1) is 18.6 Å². The molecule has 1 aliphatic heterocycles. The fourth-order valence-electron chi connectivity index (χ4n) is 2.07. The molecule has 1 aromatic heterocycles. The first kappa shape index (κ1) is 14.4. The minimum atomic E-state index is -0.0993. The highest BCUT2D eigenvalue weighted by Crippen LogP contribution is 2.22. The summed E-state index contributed by atoms with van der Waals surface area (Å²) in [6, 6.07) is 6.00. The standard InChI is InChI=1S/C13H13NO4.C2H6/c15-9-1-2-10-11(16)8-13(18-12(10)7-9)14-3-5-17-6-4-14;1-2/h1-2,7-8,15H,3-6H2;1-2H3. The van der Waals surface area contributed by atoms with Gasteiger partial charge in [-0.1, -0.05) is 13.8 Å². The third-order valence-corrected chi connectivity index (χ3v) is 3.02. The molecule has 0 amide bonds. The van der Waals surface area contributed by atoms with Crippen LogP contribution in [0.5, 0.6) is 5.75 Å². The summed E-state index contributed by atoms with van der Waals surface area (Å²) in [4.78, 5) is 13.9. The van der Waals surface area contributed by atoms with Crippen molar-refractivity contribution in [2.24, 2.45) is 0 Å². The summed E-state index contributed by atoms with van der Waals surface area (Å²) >= 11 is 0. The Morgan fingerprint density at radius 3 is 2.55 bits per heavy atom. The summed E-state index contributed by atoms with van der Waals surface area (Å²) in [6.45, 7) is 6.66. The van der Waals surface area contributed by atoms with Gasteiger partial charge in [-0.3, -0.25) is 4.79 Å². The van der Waals surface area contributed by atoms with Crippen LogP contribution in [0.25, 0.3) is 11.0 Å². The third kappa shape index (κ3) is 2.93. The molecule has 2 heterocycles. The first-order valence-corrected chi connectivity index (χ1v) is 6.83. The van der Waals surface area contributed by atoms with Crippen LogP contribution in [0.15, 0.2) is 33.5 Å². The van der Waals surface area contributed by atoms with E-state index < -0.39 is 0 Å². The van der Waals surface area contributed by atoms with Crippen LogP contribution in [0.3, 0.4) is 0 Å². The summed E-state index contributed by atoms with van der Waals surface area (Å²) in [5.74, 6) is 0.617.